The molecule has 1 aliphatic rings. The molecule has 9 heteroatoms. The summed E-state index contributed by atoms with van der Waals surface area (Å²) in [5, 5.41) is 4.81. The summed E-state index contributed by atoms with van der Waals surface area (Å²) in [4.78, 5) is 13.6. The molecule has 1 saturated heterocycles. The van der Waals surface area contributed by atoms with E-state index in [0.717, 1.165) is 34.6 Å². The summed E-state index contributed by atoms with van der Waals surface area (Å²) in [6.07, 6.45) is 5.44. The highest BCUT2D eigenvalue weighted by molar-refractivity contribution is 7.97. The van der Waals surface area contributed by atoms with Gasteiger partial charge >= 0.3 is 0 Å². The number of piperidine rings is 1. The Morgan fingerprint density at radius 3 is 2.75 bits per heavy atom. The summed E-state index contributed by atoms with van der Waals surface area (Å²) in [7, 11) is -1.11. The first-order valence-corrected chi connectivity index (χ1v) is 14.9. The molecule has 0 bridgehead atoms. The van der Waals surface area contributed by atoms with Crippen molar-refractivity contribution in [1.29, 1.82) is 0 Å². The van der Waals surface area contributed by atoms with Crippen molar-refractivity contribution >= 4 is 40.3 Å². The molecule has 2 aromatic carbocycles. The van der Waals surface area contributed by atoms with Crippen molar-refractivity contribution in [3.05, 3.63) is 59.0 Å². The van der Waals surface area contributed by atoms with E-state index in [9.17, 15) is 9.00 Å². The van der Waals surface area contributed by atoms with Crippen molar-refractivity contribution < 1.29 is 18.1 Å². The number of halogens is 2. The van der Waals surface area contributed by atoms with Crippen LogP contribution in [0.5, 0.6) is 5.75 Å². The number of alkyl halides is 1. The fourth-order valence-corrected chi connectivity index (χ4v) is 5.48. The monoisotopic (exact) mass is 552 g/mol. The van der Waals surface area contributed by atoms with E-state index in [1.807, 2.05) is 42.5 Å². The minimum atomic E-state index is -1.92. The van der Waals surface area contributed by atoms with Gasteiger partial charge in [-0.3, -0.25) is 9.00 Å². The van der Waals surface area contributed by atoms with Crippen LogP contribution < -0.4 is 10.1 Å². The quantitative estimate of drug-likeness (QED) is 0.258. The molecule has 2 aromatic rings. The number of hydrogen-bond acceptors (Lipinski definition) is 5. The molecular formula is C27H34ClFN2O3S2. The predicted octanol–water partition coefficient (Wildman–Crippen LogP) is 6.39. The summed E-state index contributed by atoms with van der Waals surface area (Å²) in [6, 6.07) is 13.3. The van der Waals surface area contributed by atoms with Gasteiger partial charge in [0.05, 0.1) is 6.61 Å². The topological polar surface area (TPSA) is 58.6 Å². The third-order valence-electron chi connectivity index (χ3n) is 5.92. The van der Waals surface area contributed by atoms with E-state index in [1.165, 1.54) is 5.41 Å². The summed E-state index contributed by atoms with van der Waals surface area (Å²) in [5.74, 6) is 0.204. The van der Waals surface area contributed by atoms with Crippen LogP contribution in [0.15, 0.2) is 58.8 Å². The smallest absolute Gasteiger partial charge is 0.258 e. The van der Waals surface area contributed by atoms with E-state index in [4.69, 9.17) is 16.3 Å². The van der Waals surface area contributed by atoms with Crippen molar-refractivity contribution in [3.8, 4) is 16.9 Å². The second-order valence-corrected chi connectivity index (χ2v) is 11.8. The first-order valence-electron chi connectivity index (χ1n) is 12.2. The van der Waals surface area contributed by atoms with Crippen LogP contribution in [-0.4, -0.2) is 52.1 Å². The van der Waals surface area contributed by atoms with E-state index >= 15 is 4.39 Å². The van der Waals surface area contributed by atoms with Crippen LogP contribution in [0.2, 0.25) is 5.02 Å². The van der Waals surface area contributed by atoms with Crippen LogP contribution in [0.3, 0.4) is 0 Å². The maximum atomic E-state index is 15.4. The van der Waals surface area contributed by atoms with E-state index in [-0.39, 0.29) is 18.9 Å². The van der Waals surface area contributed by atoms with Crippen LogP contribution in [0.25, 0.3) is 11.1 Å². The van der Waals surface area contributed by atoms with Crippen LogP contribution >= 0.6 is 23.5 Å². The van der Waals surface area contributed by atoms with Gasteiger partial charge in [-0.1, -0.05) is 43.2 Å². The third kappa shape index (κ3) is 8.33. The molecule has 1 heterocycles. The average molecular weight is 553 g/mol. The Morgan fingerprint density at radius 1 is 1.31 bits per heavy atom. The molecule has 3 rings (SSSR count). The molecule has 2 atom stereocenters. The Labute approximate surface area is 225 Å². The van der Waals surface area contributed by atoms with Crippen molar-refractivity contribution in [3.63, 3.8) is 0 Å². The minimum absolute atomic E-state index is 0.103. The molecule has 196 valence electrons. The van der Waals surface area contributed by atoms with Crippen LogP contribution in [0, 0.1) is 0 Å². The normalized spacial score (nSPS) is 17.6. The summed E-state index contributed by atoms with van der Waals surface area (Å²) < 4.78 is 34.6. The van der Waals surface area contributed by atoms with Gasteiger partial charge < -0.3 is 10.1 Å². The van der Waals surface area contributed by atoms with Gasteiger partial charge in [-0.2, -0.15) is 0 Å². The number of nitrogens with one attached hydrogen (secondary N) is 1. The molecule has 1 N–H and O–H groups in total. The molecule has 36 heavy (non-hydrogen) atoms. The number of hydrogen-bond donors (Lipinski definition) is 1. The van der Waals surface area contributed by atoms with Crippen molar-refractivity contribution in [2.45, 2.75) is 56.1 Å². The summed E-state index contributed by atoms with van der Waals surface area (Å²) in [6.45, 7) is 5.41. The third-order valence-corrected chi connectivity index (χ3v) is 7.87. The Kier molecular flexibility index (Phi) is 10.8. The standard InChI is InChI=1S/C27H34ClFN2O3S2/c1-4-5-16-34-23-8-6-7-21(18-23)24-19-22(28)9-10-25(24)35-31-14-12-27(29,13-15-31)26(32)30-20(2)11-17-36(3)33/h6-11,17-20H,4-5,12-16H2,1-3H3,(H,30,32)/b17-11-. The van der Waals surface area contributed by atoms with Gasteiger partial charge in [-0.05, 0) is 66.8 Å². The zero-order valence-electron chi connectivity index (χ0n) is 21.0. The van der Waals surface area contributed by atoms with Crippen LogP contribution in [-0.2, 0) is 15.6 Å². The minimum Gasteiger partial charge on any atom is -0.494 e. The molecule has 2 unspecified atom stereocenters. The van der Waals surface area contributed by atoms with Gasteiger partial charge in [0.25, 0.3) is 5.91 Å². The number of carbonyl (C=O) groups is 1. The van der Waals surface area contributed by atoms with Gasteiger partial charge in [0.1, 0.15) is 5.75 Å². The van der Waals surface area contributed by atoms with Gasteiger partial charge in [0.2, 0.25) is 0 Å². The zero-order chi connectivity index (χ0) is 26.1. The number of nitrogens with zero attached hydrogens (tertiary/aromatic N) is 1. The number of unbranched alkanes of at least 4 members (excludes halogenated alkanes) is 1. The Bertz CT molecular complexity index is 1090. The highest BCUT2D eigenvalue weighted by Gasteiger charge is 2.42. The molecular weight excluding hydrogens is 519 g/mol. The average Bonchev–Trinajstić information content (AvgIpc) is 2.85. The highest BCUT2D eigenvalue weighted by atomic mass is 35.5. The molecule has 1 aliphatic heterocycles. The highest BCUT2D eigenvalue weighted by Crippen LogP contribution is 2.39. The number of ether oxygens (including phenoxy) is 1. The fourth-order valence-electron chi connectivity index (χ4n) is 3.81. The number of amides is 1. The lowest BCUT2D eigenvalue weighted by atomic mass is 9.93. The second kappa shape index (κ2) is 13.6. The van der Waals surface area contributed by atoms with Crippen molar-refractivity contribution in [2.75, 3.05) is 26.0 Å². The molecule has 0 radical (unpaired) electrons. The maximum Gasteiger partial charge on any atom is 0.258 e. The van der Waals surface area contributed by atoms with E-state index in [1.54, 1.807) is 31.2 Å². The maximum absolute atomic E-state index is 15.4. The fraction of sp³-hybridized carbons (Fsp3) is 0.444. The molecule has 1 fully saturated rings. The van der Waals surface area contributed by atoms with Crippen molar-refractivity contribution in [2.24, 2.45) is 0 Å². The Balaban J connectivity index is 1.66. The summed E-state index contributed by atoms with van der Waals surface area (Å²) in [5.41, 5.74) is 0.0646. The van der Waals surface area contributed by atoms with Crippen LogP contribution in [0.1, 0.15) is 39.5 Å². The molecule has 0 aliphatic carbocycles. The van der Waals surface area contributed by atoms with E-state index < -0.39 is 22.4 Å². The lowest BCUT2D eigenvalue weighted by Crippen LogP contribution is -2.51. The van der Waals surface area contributed by atoms with Gasteiger partial charge in [0.15, 0.2) is 5.67 Å². The van der Waals surface area contributed by atoms with Gasteiger partial charge in [-0.15, -0.1) is 0 Å². The SMILES string of the molecule is CCCCOc1cccc(-c2cc(Cl)ccc2SN2CCC(F)(C(=O)NC(C)/C=C\S(C)=O)CC2)c1. The predicted molar refractivity (Wildman–Crippen MR) is 149 cm³/mol. The number of benzene rings is 2. The Hall–Kier alpha value is -1.87. The molecule has 5 nitrogen and oxygen atoms in total. The zero-order valence-corrected chi connectivity index (χ0v) is 23.4. The lowest BCUT2D eigenvalue weighted by molar-refractivity contribution is -0.135. The van der Waals surface area contributed by atoms with E-state index in [0.29, 0.717) is 24.7 Å². The van der Waals surface area contributed by atoms with Gasteiger partial charge in [-0.25, -0.2) is 8.70 Å². The summed E-state index contributed by atoms with van der Waals surface area (Å²) >= 11 is 7.89. The molecule has 0 saturated carbocycles. The molecule has 0 aromatic heterocycles. The van der Waals surface area contributed by atoms with Crippen molar-refractivity contribution in [1.82, 2.24) is 9.62 Å². The van der Waals surface area contributed by atoms with Crippen LogP contribution in [0.4, 0.5) is 4.39 Å². The van der Waals surface area contributed by atoms with E-state index in [2.05, 4.69) is 16.5 Å². The second-order valence-electron chi connectivity index (χ2n) is 8.95. The largest absolute Gasteiger partial charge is 0.494 e. The van der Waals surface area contributed by atoms with Gasteiger partial charge in [0, 0.05) is 64.4 Å². The lowest BCUT2D eigenvalue weighted by Gasteiger charge is -2.35. The molecule has 0 spiro atoms. The number of rotatable bonds is 11. The number of carbonyl (C=O) groups excluding carboxylic acids is 1. The molecule has 1 amide bonds. The first-order chi connectivity index (χ1) is 17.2. The first kappa shape index (κ1) is 28.7. The Morgan fingerprint density at radius 2 is 2.06 bits per heavy atom.